The van der Waals surface area contributed by atoms with Crippen LogP contribution >= 0.6 is 0 Å². The van der Waals surface area contributed by atoms with Crippen LogP contribution in [0, 0.1) is 0 Å². The number of carboxylic acids is 1. The van der Waals surface area contributed by atoms with Gasteiger partial charge in [0.2, 0.25) is 10.0 Å². The Morgan fingerprint density at radius 1 is 1.33 bits per heavy atom. The summed E-state index contributed by atoms with van der Waals surface area (Å²) in [4.78, 5) is 10.3. The highest BCUT2D eigenvalue weighted by Crippen LogP contribution is 2.16. The lowest BCUT2D eigenvalue weighted by Gasteiger charge is -2.10. The van der Waals surface area contributed by atoms with Crippen LogP contribution in [0.2, 0.25) is 0 Å². The third-order valence-corrected chi connectivity index (χ3v) is 3.66. The quantitative estimate of drug-likeness (QED) is 0.678. The van der Waals surface area contributed by atoms with Crippen molar-refractivity contribution in [3.05, 3.63) is 29.8 Å². The van der Waals surface area contributed by atoms with Crippen molar-refractivity contribution >= 4 is 21.7 Å². The van der Waals surface area contributed by atoms with Crippen LogP contribution in [0.15, 0.2) is 24.3 Å². The summed E-state index contributed by atoms with van der Waals surface area (Å²) in [6.07, 6.45) is -0.0884. The van der Waals surface area contributed by atoms with E-state index >= 15 is 0 Å². The number of sulfonamides is 1. The largest absolute Gasteiger partial charge is 0.481 e. The molecule has 4 N–H and O–H groups in total. The molecular weight excluding hydrogens is 256 g/mol. The molecule has 6 nitrogen and oxygen atoms in total. The van der Waals surface area contributed by atoms with E-state index in [0.717, 1.165) is 0 Å². The molecule has 0 aliphatic rings. The van der Waals surface area contributed by atoms with Crippen molar-refractivity contribution in [2.45, 2.75) is 19.4 Å². The molecule has 100 valence electrons. The third kappa shape index (κ3) is 4.72. The predicted octanol–water partition coefficient (Wildman–Crippen LogP) is 0.752. The van der Waals surface area contributed by atoms with E-state index in [9.17, 15) is 13.2 Å². The molecule has 0 aromatic heterocycles. The maximum atomic E-state index is 11.7. The standard InChI is InChI=1S/C11H16N2O4S/c12-8-9-4-1-2-5-10(9)13-18(16,17)7-3-6-11(14)15/h1-2,4-5,13H,3,6-8,12H2,(H,14,15). The van der Waals surface area contributed by atoms with Crippen LogP contribution in [0.25, 0.3) is 0 Å². The number of anilines is 1. The first-order valence-corrected chi connectivity index (χ1v) is 7.10. The summed E-state index contributed by atoms with van der Waals surface area (Å²) in [6.45, 7) is 0.230. The van der Waals surface area contributed by atoms with Crippen molar-refractivity contribution in [3.63, 3.8) is 0 Å². The summed E-state index contributed by atoms with van der Waals surface area (Å²) < 4.78 is 25.8. The number of nitrogens with one attached hydrogen (secondary N) is 1. The number of carbonyl (C=O) groups is 1. The van der Waals surface area contributed by atoms with Gasteiger partial charge in [-0.3, -0.25) is 9.52 Å². The van der Waals surface area contributed by atoms with Crippen molar-refractivity contribution in [3.8, 4) is 0 Å². The average molecular weight is 272 g/mol. The molecule has 7 heteroatoms. The van der Waals surface area contributed by atoms with Gasteiger partial charge in [0.25, 0.3) is 0 Å². The van der Waals surface area contributed by atoms with Gasteiger partial charge in [-0.05, 0) is 18.1 Å². The van der Waals surface area contributed by atoms with Crippen LogP contribution in [-0.2, 0) is 21.4 Å². The van der Waals surface area contributed by atoms with Crippen molar-refractivity contribution in [1.29, 1.82) is 0 Å². The number of rotatable bonds is 7. The number of benzene rings is 1. The molecule has 0 unspecified atom stereocenters. The third-order valence-electron chi connectivity index (χ3n) is 2.31. The monoisotopic (exact) mass is 272 g/mol. The van der Waals surface area contributed by atoms with E-state index in [4.69, 9.17) is 10.8 Å². The first-order valence-electron chi connectivity index (χ1n) is 5.45. The zero-order valence-corrected chi connectivity index (χ0v) is 10.6. The summed E-state index contributed by atoms with van der Waals surface area (Å²) in [5.74, 6) is -1.23. The Bertz CT molecular complexity index is 514. The number of carboxylic acid groups (broad SMARTS) is 1. The second-order valence-corrected chi connectivity index (χ2v) is 5.62. The second kappa shape index (κ2) is 6.36. The molecule has 0 heterocycles. The van der Waals surface area contributed by atoms with Gasteiger partial charge in [0, 0.05) is 13.0 Å². The molecule has 1 aromatic rings. The SMILES string of the molecule is NCc1ccccc1NS(=O)(=O)CCCC(=O)O. The summed E-state index contributed by atoms with van der Waals surface area (Å²) >= 11 is 0. The molecule has 0 amide bonds. The van der Waals surface area contributed by atoms with Crippen LogP contribution in [0.3, 0.4) is 0 Å². The number of hydrogen-bond donors (Lipinski definition) is 3. The van der Waals surface area contributed by atoms with Gasteiger partial charge in [0.1, 0.15) is 0 Å². The zero-order valence-electron chi connectivity index (χ0n) is 9.80. The fraction of sp³-hybridized carbons (Fsp3) is 0.364. The molecule has 0 saturated carbocycles. The van der Waals surface area contributed by atoms with E-state index in [0.29, 0.717) is 11.3 Å². The predicted molar refractivity (Wildman–Crippen MR) is 68.6 cm³/mol. The van der Waals surface area contributed by atoms with Gasteiger partial charge in [-0.2, -0.15) is 0 Å². The normalized spacial score (nSPS) is 11.2. The molecule has 0 saturated heterocycles. The number of para-hydroxylation sites is 1. The van der Waals surface area contributed by atoms with Gasteiger partial charge in [0.15, 0.2) is 0 Å². The highest BCUT2D eigenvalue weighted by atomic mass is 32.2. The van der Waals surface area contributed by atoms with Crippen LogP contribution in [0.1, 0.15) is 18.4 Å². The summed E-state index contributed by atoms with van der Waals surface area (Å²) in [7, 11) is -3.53. The Kier molecular flexibility index (Phi) is 5.11. The Balaban J connectivity index is 2.67. The van der Waals surface area contributed by atoms with E-state index in [2.05, 4.69) is 4.72 Å². The van der Waals surface area contributed by atoms with E-state index < -0.39 is 16.0 Å². The van der Waals surface area contributed by atoms with Crippen LogP contribution < -0.4 is 10.5 Å². The summed E-state index contributed by atoms with van der Waals surface area (Å²) in [5, 5.41) is 8.45. The van der Waals surface area contributed by atoms with E-state index in [1.54, 1.807) is 24.3 Å². The van der Waals surface area contributed by atoms with Gasteiger partial charge < -0.3 is 10.8 Å². The molecular formula is C11H16N2O4S. The fourth-order valence-corrected chi connectivity index (χ4v) is 2.59. The van der Waals surface area contributed by atoms with Gasteiger partial charge in [-0.1, -0.05) is 18.2 Å². The minimum atomic E-state index is -3.53. The lowest BCUT2D eigenvalue weighted by atomic mass is 10.2. The van der Waals surface area contributed by atoms with Crippen molar-refractivity contribution < 1.29 is 18.3 Å². The molecule has 0 spiro atoms. The van der Waals surface area contributed by atoms with Crippen molar-refractivity contribution in [2.24, 2.45) is 5.73 Å². The molecule has 0 bridgehead atoms. The van der Waals surface area contributed by atoms with Crippen LogP contribution in [-0.4, -0.2) is 25.2 Å². The zero-order chi connectivity index (χ0) is 13.6. The molecule has 0 fully saturated rings. The minimum absolute atomic E-state index is 0.0788. The van der Waals surface area contributed by atoms with E-state index in [1.165, 1.54) is 0 Å². The fourth-order valence-electron chi connectivity index (χ4n) is 1.43. The lowest BCUT2D eigenvalue weighted by molar-refractivity contribution is -0.137. The Morgan fingerprint density at radius 2 is 2.00 bits per heavy atom. The molecule has 18 heavy (non-hydrogen) atoms. The molecule has 0 radical (unpaired) electrons. The minimum Gasteiger partial charge on any atom is -0.481 e. The van der Waals surface area contributed by atoms with Crippen molar-refractivity contribution in [1.82, 2.24) is 0 Å². The summed E-state index contributed by atoms with van der Waals surface area (Å²) in [5.41, 5.74) is 6.63. The van der Waals surface area contributed by atoms with E-state index in [-0.39, 0.29) is 25.1 Å². The first-order chi connectivity index (χ1) is 8.44. The molecule has 0 aliphatic carbocycles. The number of aliphatic carboxylic acids is 1. The number of hydrogen-bond acceptors (Lipinski definition) is 4. The van der Waals surface area contributed by atoms with Gasteiger partial charge in [-0.25, -0.2) is 8.42 Å². The number of nitrogens with two attached hydrogens (primary N) is 1. The van der Waals surface area contributed by atoms with Crippen LogP contribution in [0.5, 0.6) is 0 Å². The maximum absolute atomic E-state index is 11.7. The maximum Gasteiger partial charge on any atom is 0.303 e. The second-order valence-electron chi connectivity index (χ2n) is 3.78. The smallest absolute Gasteiger partial charge is 0.303 e. The molecule has 0 aliphatic heterocycles. The van der Waals surface area contributed by atoms with Gasteiger partial charge in [0.05, 0.1) is 11.4 Å². The van der Waals surface area contributed by atoms with Crippen LogP contribution in [0.4, 0.5) is 5.69 Å². The molecule has 0 atom stereocenters. The molecule has 1 rings (SSSR count). The summed E-state index contributed by atoms with van der Waals surface area (Å²) in [6, 6.07) is 6.82. The van der Waals surface area contributed by atoms with Crippen molar-refractivity contribution in [2.75, 3.05) is 10.5 Å². The highest BCUT2D eigenvalue weighted by molar-refractivity contribution is 7.92. The average Bonchev–Trinajstić information content (AvgIpc) is 2.28. The lowest BCUT2D eigenvalue weighted by Crippen LogP contribution is -2.18. The Hall–Kier alpha value is -1.60. The van der Waals surface area contributed by atoms with Gasteiger partial charge in [-0.15, -0.1) is 0 Å². The highest BCUT2D eigenvalue weighted by Gasteiger charge is 2.12. The first kappa shape index (κ1) is 14.5. The Morgan fingerprint density at radius 3 is 2.61 bits per heavy atom. The molecule has 1 aromatic carbocycles. The van der Waals surface area contributed by atoms with Gasteiger partial charge >= 0.3 is 5.97 Å². The Labute approximate surface area is 106 Å². The van der Waals surface area contributed by atoms with E-state index in [1.807, 2.05) is 0 Å². The topological polar surface area (TPSA) is 109 Å².